The summed E-state index contributed by atoms with van der Waals surface area (Å²) in [6.45, 7) is 7.23. The average molecular weight is 505 g/mol. The molecule has 8 heteroatoms. The van der Waals surface area contributed by atoms with E-state index in [4.69, 9.17) is 28.5 Å². The standard InChI is InChI=1S/C28H25N2O.ClHO4/c1-4-30-23-15-13-22-26-24(31-28(22)20-11-7-18(3)8-12-20)16-14-21(25(23)26)27(29-30)19-9-5-17(2)6-10-19;2-1(3,4)5/h5-16,21,24H,4H2,1-3H3;(H,2,3,4,5)/q+1;/p-1. The molecule has 3 aromatic carbocycles. The molecule has 0 fully saturated rings. The SMILES string of the molecule is CC[N+]1=c2ccc3c4c2C(C=CC4OC=3c2ccc(C)cc2)C(c2ccc(C)cc2)=N1.[O-][Cl+3]([O-])([O-])[O-]. The summed E-state index contributed by atoms with van der Waals surface area (Å²) >= 11 is 0. The zero-order valence-corrected chi connectivity index (χ0v) is 20.9. The lowest BCUT2D eigenvalue weighted by atomic mass is 9.80. The van der Waals surface area contributed by atoms with E-state index < -0.39 is 10.2 Å². The van der Waals surface area contributed by atoms with Gasteiger partial charge in [-0.1, -0.05) is 70.4 Å². The van der Waals surface area contributed by atoms with Gasteiger partial charge >= 0.3 is 0 Å². The third-order valence-electron chi connectivity index (χ3n) is 6.59. The molecular weight excluding hydrogens is 480 g/mol. The number of hydrogen-bond donors (Lipinski definition) is 0. The Morgan fingerprint density at radius 3 is 1.97 bits per heavy atom. The Kier molecular flexibility index (Phi) is 6.28. The number of hydrogen-bond acceptors (Lipinski definition) is 6. The summed E-state index contributed by atoms with van der Waals surface area (Å²) in [4.78, 5) is 0. The van der Waals surface area contributed by atoms with Gasteiger partial charge in [-0.25, -0.2) is 18.6 Å². The van der Waals surface area contributed by atoms with E-state index in [2.05, 4.69) is 98.3 Å². The maximum Gasteiger partial charge on any atom is 0.236 e. The summed E-state index contributed by atoms with van der Waals surface area (Å²) in [5.74, 6) is 1.13. The van der Waals surface area contributed by atoms with Crippen molar-refractivity contribution < 1.29 is 33.6 Å². The predicted octanol–water partition coefficient (Wildman–Crippen LogP) is -0.642. The number of benzene rings is 3. The minimum atomic E-state index is -4.94. The van der Waals surface area contributed by atoms with Crippen molar-refractivity contribution in [2.75, 3.05) is 6.54 Å². The van der Waals surface area contributed by atoms with E-state index in [0.29, 0.717) is 0 Å². The highest BCUT2D eigenvalue weighted by molar-refractivity contribution is 6.07. The quantitative estimate of drug-likeness (QED) is 0.347. The minimum absolute atomic E-state index is 0.0337. The largest absolute Gasteiger partial charge is 0.480 e. The summed E-state index contributed by atoms with van der Waals surface area (Å²) in [5, 5.41) is 7.49. The van der Waals surface area contributed by atoms with Crippen LogP contribution in [0.5, 0.6) is 0 Å². The minimum Gasteiger partial charge on any atom is -0.480 e. The van der Waals surface area contributed by atoms with Crippen molar-refractivity contribution in [3.8, 4) is 0 Å². The van der Waals surface area contributed by atoms with Crippen molar-refractivity contribution in [3.63, 3.8) is 0 Å². The van der Waals surface area contributed by atoms with Crippen LogP contribution in [-0.4, -0.2) is 12.3 Å². The maximum absolute atomic E-state index is 8.49. The smallest absolute Gasteiger partial charge is 0.236 e. The molecule has 36 heavy (non-hydrogen) atoms. The number of hydrazone groups is 1. The monoisotopic (exact) mass is 504 g/mol. The lowest BCUT2D eigenvalue weighted by Crippen LogP contribution is -2.68. The molecule has 0 bridgehead atoms. The molecular formula is C28H25ClN2O5. The Labute approximate surface area is 211 Å². The Bertz CT molecular complexity index is 1500. The van der Waals surface area contributed by atoms with E-state index in [9.17, 15) is 0 Å². The number of halogens is 1. The number of rotatable bonds is 3. The molecule has 0 N–H and O–H groups in total. The first-order valence-electron chi connectivity index (χ1n) is 11.6. The summed E-state index contributed by atoms with van der Waals surface area (Å²) in [5.41, 5.74) is 8.60. The van der Waals surface area contributed by atoms with E-state index in [1.165, 1.54) is 38.4 Å². The van der Waals surface area contributed by atoms with Gasteiger partial charge in [0.05, 0.1) is 5.92 Å². The first-order valence-corrected chi connectivity index (χ1v) is 12.9. The van der Waals surface area contributed by atoms with E-state index in [0.717, 1.165) is 23.6 Å². The first-order chi connectivity index (χ1) is 17.1. The van der Waals surface area contributed by atoms with Crippen molar-refractivity contribution in [1.82, 2.24) is 4.68 Å². The molecule has 3 aromatic rings. The molecule has 6 rings (SSSR count). The molecule has 2 aliphatic heterocycles. The fourth-order valence-corrected chi connectivity index (χ4v) is 4.98. The van der Waals surface area contributed by atoms with Crippen molar-refractivity contribution >= 4 is 11.5 Å². The van der Waals surface area contributed by atoms with E-state index >= 15 is 0 Å². The van der Waals surface area contributed by atoms with Crippen LogP contribution in [0.15, 0.2) is 77.9 Å². The molecule has 2 unspecified atom stereocenters. The highest BCUT2D eigenvalue weighted by Crippen LogP contribution is 2.39. The third kappa shape index (κ3) is 4.59. The normalized spacial score (nSPS) is 19.2. The topological polar surface area (TPSA) is 117 Å². The summed E-state index contributed by atoms with van der Waals surface area (Å²) in [6, 6.07) is 21.8. The molecule has 0 spiro atoms. The van der Waals surface area contributed by atoms with Crippen LogP contribution in [-0.2, 0) is 4.74 Å². The molecule has 0 saturated heterocycles. The molecule has 0 aromatic heterocycles. The number of aryl methyl sites for hydroxylation is 2. The summed E-state index contributed by atoms with van der Waals surface area (Å²) in [7, 11) is -4.94. The van der Waals surface area contributed by atoms with Crippen LogP contribution < -0.4 is 33.9 Å². The van der Waals surface area contributed by atoms with Gasteiger partial charge in [0.1, 0.15) is 17.6 Å². The second-order valence-electron chi connectivity index (χ2n) is 9.00. The highest BCUT2D eigenvalue weighted by Gasteiger charge is 2.39. The van der Waals surface area contributed by atoms with Gasteiger partial charge in [-0.2, -0.15) is 0 Å². The van der Waals surface area contributed by atoms with Crippen molar-refractivity contribution in [2.24, 2.45) is 5.10 Å². The lowest BCUT2D eigenvalue weighted by Gasteiger charge is -2.25. The van der Waals surface area contributed by atoms with Crippen molar-refractivity contribution in [2.45, 2.75) is 32.8 Å². The molecule has 0 saturated carbocycles. The number of ether oxygens (including phenoxy) is 1. The molecule has 7 nitrogen and oxygen atoms in total. The second kappa shape index (κ2) is 9.28. The van der Waals surface area contributed by atoms with Crippen LogP contribution in [0.4, 0.5) is 0 Å². The zero-order valence-electron chi connectivity index (χ0n) is 20.1. The molecule has 0 radical (unpaired) electrons. The summed E-state index contributed by atoms with van der Waals surface area (Å²) < 4.78 is 42.6. The van der Waals surface area contributed by atoms with Crippen LogP contribution in [0.3, 0.4) is 0 Å². The first kappa shape index (κ1) is 24.4. The highest BCUT2D eigenvalue weighted by atomic mass is 35.7. The van der Waals surface area contributed by atoms with Gasteiger partial charge in [0.2, 0.25) is 5.36 Å². The zero-order chi connectivity index (χ0) is 25.6. The molecule has 2 heterocycles. The van der Waals surface area contributed by atoms with Crippen LogP contribution in [0.1, 0.15) is 52.3 Å². The van der Waals surface area contributed by atoms with Crippen molar-refractivity contribution in [3.05, 3.63) is 117 Å². The van der Waals surface area contributed by atoms with Gasteiger partial charge < -0.3 is 4.74 Å². The maximum atomic E-state index is 8.49. The van der Waals surface area contributed by atoms with Gasteiger partial charge in [0.25, 0.3) is 0 Å². The number of nitrogens with zero attached hydrogens (tertiary/aromatic N) is 2. The Balaban J connectivity index is 0.000000489. The molecule has 3 aliphatic rings. The Morgan fingerprint density at radius 2 is 1.39 bits per heavy atom. The molecule has 1 aliphatic carbocycles. The van der Waals surface area contributed by atoms with Gasteiger partial charge in [0.15, 0.2) is 6.54 Å². The van der Waals surface area contributed by atoms with Gasteiger partial charge in [-0.3, -0.25) is 0 Å². The average Bonchev–Trinajstić information content (AvgIpc) is 3.22. The van der Waals surface area contributed by atoms with E-state index in [-0.39, 0.29) is 12.0 Å². The fourth-order valence-electron chi connectivity index (χ4n) is 4.98. The Morgan fingerprint density at radius 1 is 0.806 bits per heavy atom. The predicted molar refractivity (Wildman–Crippen MR) is 125 cm³/mol. The van der Waals surface area contributed by atoms with Crippen LogP contribution in [0.2, 0.25) is 0 Å². The lowest BCUT2D eigenvalue weighted by molar-refractivity contribution is -2.00. The van der Waals surface area contributed by atoms with Crippen molar-refractivity contribution in [1.29, 1.82) is 0 Å². The fraction of sp³-hybridized carbons (Fsp3) is 0.214. The third-order valence-corrected chi connectivity index (χ3v) is 6.59. The molecule has 2 atom stereocenters. The van der Waals surface area contributed by atoms with Crippen LogP contribution in [0, 0.1) is 24.1 Å². The van der Waals surface area contributed by atoms with Gasteiger partial charge in [0, 0.05) is 33.5 Å². The van der Waals surface area contributed by atoms with E-state index in [1.807, 2.05) is 0 Å². The van der Waals surface area contributed by atoms with Crippen LogP contribution in [0.25, 0.3) is 5.76 Å². The summed E-state index contributed by atoms with van der Waals surface area (Å²) in [6.07, 6.45) is 4.46. The molecule has 184 valence electrons. The van der Waals surface area contributed by atoms with Crippen LogP contribution >= 0.6 is 0 Å². The van der Waals surface area contributed by atoms with Gasteiger partial charge in [-0.05, 0) is 38.0 Å². The Hall–Kier alpha value is -3.33. The van der Waals surface area contributed by atoms with E-state index in [1.54, 1.807) is 0 Å². The number of allylic oxidation sites excluding steroid dienone is 1. The molecule has 0 amide bonds. The second-order valence-corrected chi connectivity index (χ2v) is 9.76. The van der Waals surface area contributed by atoms with Gasteiger partial charge in [-0.15, -0.1) is 10.2 Å².